The molecule has 0 aliphatic heterocycles. The number of aryl methyl sites for hydroxylation is 2. The largest absolute Gasteiger partial charge is 0.352 e. The van der Waals surface area contributed by atoms with Gasteiger partial charge in [-0.1, -0.05) is 6.07 Å². The van der Waals surface area contributed by atoms with Crippen molar-refractivity contribution in [3.05, 3.63) is 65.2 Å². The number of benzene rings is 1. The van der Waals surface area contributed by atoms with Crippen molar-refractivity contribution < 1.29 is 4.79 Å². The number of carbonyl (C=O) groups is 1. The van der Waals surface area contributed by atoms with E-state index in [0.717, 1.165) is 22.4 Å². The molecule has 1 amide bonds. The first-order valence-electron chi connectivity index (χ1n) is 8.68. The fourth-order valence-corrected chi connectivity index (χ4v) is 3.35. The quantitative estimate of drug-likeness (QED) is 0.617. The third-order valence-electron chi connectivity index (χ3n) is 5.09. The minimum absolute atomic E-state index is 0.0679. The average molecular weight is 347 g/mol. The van der Waals surface area contributed by atoms with E-state index in [2.05, 4.69) is 33.9 Å². The van der Waals surface area contributed by atoms with Crippen molar-refractivity contribution in [2.24, 2.45) is 7.05 Å². The maximum absolute atomic E-state index is 12.5. The summed E-state index contributed by atoms with van der Waals surface area (Å²) in [5.41, 5.74) is 5.07. The summed E-state index contributed by atoms with van der Waals surface area (Å²) in [5.74, 6) is 0.771. The molecule has 0 fully saturated rings. The van der Waals surface area contributed by atoms with Crippen molar-refractivity contribution in [1.82, 2.24) is 24.5 Å². The summed E-state index contributed by atoms with van der Waals surface area (Å²) in [4.78, 5) is 12.5. The molecule has 0 aliphatic carbocycles. The molecule has 0 spiro atoms. The van der Waals surface area contributed by atoms with Crippen molar-refractivity contribution in [2.75, 3.05) is 6.54 Å². The van der Waals surface area contributed by atoms with E-state index in [1.165, 1.54) is 11.3 Å². The van der Waals surface area contributed by atoms with Crippen molar-refractivity contribution in [1.29, 1.82) is 0 Å². The van der Waals surface area contributed by atoms with E-state index in [1.807, 2.05) is 54.0 Å². The zero-order chi connectivity index (χ0) is 18.3. The molecule has 26 heavy (non-hydrogen) atoms. The molecule has 3 heterocycles. The Hall–Kier alpha value is -3.15. The van der Waals surface area contributed by atoms with Crippen molar-refractivity contribution >= 4 is 22.5 Å². The number of aromatic nitrogens is 4. The van der Waals surface area contributed by atoms with Crippen LogP contribution in [-0.2, 0) is 13.5 Å². The summed E-state index contributed by atoms with van der Waals surface area (Å²) < 4.78 is 4.09. The maximum Gasteiger partial charge on any atom is 0.251 e. The molecule has 132 valence electrons. The predicted molar refractivity (Wildman–Crippen MR) is 101 cm³/mol. The van der Waals surface area contributed by atoms with Gasteiger partial charge in [-0.15, -0.1) is 10.2 Å². The summed E-state index contributed by atoms with van der Waals surface area (Å²) in [7, 11) is 2.05. The lowest BCUT2D eigenvalue weighted by Gasteiger charge is -2.06. The Morgan fingerprint density at radius 1 is 1.15 bits per heavy atom. The minimum Gasteiger partial charge on any atom is -0.352 e. The lowest BCUT2D eigenvalue weighted by Crippen LogP contribution is -2.26. The van der Waals surface area contributed by atoms with Gasteiger partial charge in [-0.2, -0.15) is 0 Å². The lowest BCUT2D eigenvalue weighted by molar-refractivity contribution is 0.0954. The smallest absolute Gasteiger partial charge is 0.251 e. The number of nitrogens with zero attached hydrogens (tertiary/aromatic N) is 4. The van der Waals surface area contributed by atoms with Gasteiger partial charge < -0.3 is 9.88 Å². The molecule has 3 aromatic heterocycles. The molecule has 0 saturated heterocycles. The number of rotatable bonds is 4. The van der Waals surface area contributed by atoms with E-state index in [1.54, 1.807) is 0 Å². The first-order valence-corrected chi connectivity index (χ1v) is 8.68. The van der Waals surface area contributed by atoms with Gasteiger partial charge in [0.05, 0.1) is 0 Å². The first-order chi connectivity index (χ1) is 12.6. The van der Waals surface area contributed by atoms with Crippen LogP contribution < -0.4 is 5.32 Å². The number of carbonyl (C=O) groups excluding carboxylic acids is 1. The second-order valence-electron chi connectivity index (χ2n) is 6.55. The Kier molecular flexibility index (Phi) is 3.95. The van der Waals surface area contributed by atoms with E-state index in [4.69, 9.17) is 0 Å². The average Bonchev–Trinajstić information content (AvgIpc) is 3.17. The molecule has 0 atom stereocenters. The number of amides is 1. The van der Waals surface area contributed by atoms with Crippen LogP contribution in [0.3, 0.4) is 0 Å². The van der Waals surface area contributed by atoms with Crippen molar-refractivity contribution in [3.63, 3.8) is 0 Å². The van der Waals surface area contributed by atoms with Crippen molar-refractivity contribution in [2.45, 2.75) is 20.3 Å². The number of hydrogen-bond acceptors (Lipinski definition) is 3. The summed E-state index contributed by atoms with van der Waals surface area (Å²) in [5, 5.41) is 12.4. The van der Waals surface area contributed by atoms with Gasteiger partial charge in [-0.05, 0) is 49.7 Å². The zero-order valence-corrected chi connectivity index (χ0v) is 15.2. The fraction of sp³-hybridized carbons (Fsp3) is 0.250. The highest BCUT2D eigenvalue weighted by molar-refractivity contribution is 5.99. The normalized spacial score (nSPS) is 11.3. The Bertz CT molecular complexity index is 1120. The molecular weight excluding hydrogens is 326 g/mol. The molecule has 0 radical (unpaired) electrons. The number of nitrogens with one attached hydrogen (secondary N) is 1. The zero-order valence-electron chi connectivity index (χ0n) is 15.2. The molecular formula is C20H21N5O. The van der Waals surface area contributed by atoms with E-state index < -0.39 is 0 Å². The van der Waals surface area contributed by atoms with Crippen LogP contribution in [0.2, 0.25) is 0 Å². The summed E-state index contributed by atoms with van der Waals surface area (Å²) in [6.45, 7) is 4.70. The number of fused-ring (bicyclic) bond motifs is 2. The van der Waals surface area contributed by atoms with Crippen molar-refractivity contribution in [3.8, 4) is 0 Å². The van der Waals surface area contributed by atoms with Gasteiger partial charge in [-0.25, -0.2) is 0 Å². The van der Waals surface area contributed by atoms with Gasteiger partial charge in [0, 0.05) is 48.4 Å². The third kappa shape index (κ3) is 2.63. The first kappa shape index (κ1) is 16.3. The van der Waals surface area contributed by atoms with Crippen LogP contribution in [0.4, 0.5) is 0 Å². The number of pyridine rings is 1. The van der Waals surface area contributed by atoms with Gasteiger partial charge in [-0.3, -0.25) is 9.20 Å². The lowest BCUT2D eigenvalue weighted by atomic mass is 10.1. The second kappa shape index (κ2) is 6.29. The van der Waals surface area contributed by atoms with Gasteiger partial charge >= 0.3 is 0 Å². The molecule has 1 aromatic carbocycles. The van der Waals surface area contributed by atoms with E-state index >= 15 is 0 Å². The minimum atomic E-state index is -0.0679. The van der Waals surface area contributed by atoms with Crippen LogP contribution in [0.1, 0.15) is 27.4 Å². The summed E-state index contributed by atoms with van der Waals surface area (Å²) in [6.07, 6.45) is 2.56. The van der Waals surface area contributed by atoms with Crippen LogP contribution in [0.15, 0.2) is 42.6 Å². The van der Waals surface area contributed by atoms with E-state index in [-0.39, 0.29) is 5.91 Å². The van der Waals surface area contributed by atoms with Crippen LogP contribution in [0.5, 0.6) is 0 Å². The van der Waals surface area contributed by atoms with Crippen LogP contribution in [0, 0.1) is 13.8 Å². The topological polar surface area (TPSA) is 64.2 Å². The van der Waals surface area contributed by atoms with Crippen LogP contribution in [0.25, 0.3) is 16.6 Å². The molecule has 0 unspecified atom stereocenters. The summed E-state index contributed by atoms with van der Waals surface area (Å²) in [6, 6.07) is 11.6. The highest BCUT2D eigenvalue weighted by atomic mass is 16.1. The predicted octanol–water partition coefficient (Wildman–Crippen LogP) is 2.81. The molecule has 4 aromatic rings. The van der Waals surface area contributed by atoms with Crippen LogP contribution in [-0.4, -0.2) is 31.6 Å². The molecule has 6 nitrogen and oxygen atoms in total. The molecule has 1 N–H and O–H groups in total. The van der Waals surface area contributed by atoms with E-state index in [9.17, 15) is 4.79 Å². The van der Waals surface area contributed by atoms with Gasteiger partial charge in [0.1, 0.15) is 5.82 Å². The fourth-order valence-electron chi connectivity index (χ4n) is 3.35. The summed E-state index contributed by atoms with van der Waals surface area (Å²) >= 11 is 0. The Morgan fingerprint density at radius 2 is 2.00 bits per heavy atom. The highest BCUT2D eigenvalue weighted by Gasteiger charge is 2.12. The Morgan fingerprint density at radius 3 is 2.85 bits per heavy atom. The Balaban J connectivity index is 1.48. The maximum atomic E-state index is 12.5. The van der Waals surface area contributed by atoms with E-state index in [0.29, 0.717) is 18.5 Å². The molecule has 4 rings (SSSR count). The van der Waals surface area contributed by atoms with Gasteiger partial charge in [0.2, 0.25) is 0 Å². The second-order valence-corrected chi connectivity index (χ2v) is 6.55. The molecule has 0 bridgehead atoms. The van der Waals surface area contributed by atoms with Gasteiger partial charge in [0.15, 0.2) is 5.65 Å². The number of hydrogen-bond donors (Lipinski definition) is 1. The van der Waals surface area contributed by atoms with Crippen LogP contribution >= 0.6 is 0 Å². The molecule has 0 saturated carbocycles. The molecule has 6 heteroatoms. The molecule has 0 aliphatic rings. The standard InChI is InChI=1S/C20H21N5O/c1-13-14(2)24(3)17-8-7-15(12-16(13)17)20(26)21-10-9-19-23-22-18-6-4-5-11-25(18)19/h4-8,11-12H,9-10H2,1-3H3,(H,21,26). The third-order valence-corrected chi connectivity index (χ3v) is 5.09. The highest BCUT2D eigenvalue weighted by Crippen LogP contribution is 2.25. The SMILES string of the molecule is Cc1c(C)n(C)c2ccc(C(=O)NCCc3nnc4ccccn34)cc12. The van der Waals surface area contributed by atoms with Gasteiger partial charge in [0.25, 0.3) is 5.91 Å². The monoisotopic (exact) mass is 347 g/mol. The Labute approximate surface area is 151 Å².